The number of nitrogens with zero attached hydrogens (tertiary/aromatic N) is 6. The third-order valence-electron chi connectivity index (χ3n) is 18.6. The molecule has 0 saturated heterocycles. The molecule has 6 aromatic heterocycles. The molecule has 0 amide bonds. The average molecular weight is 1110 g/mol. The zero-order valence-electron chi connectivity index (χ0n) is 47.5. The number of aryl methyl sites for hydroxylation is 1. The Morgan fingerprint density at radius 3 is 0.782 bits per heavy atom. The Morgan fingerprint density at radius 1 is 0.195 bits per heavy atom. The van der Waals surface area contributed by atoms with Crippen LogP contribution in [-0.4, -0.2) is 27.4 Å². The highest BCUT2D eigenvalue weighted by molar-refractivity contribution is 6.23. The van der Waals surface area contributed by atoms with E-state index in [1.54, 1.807) is 0 Å². The quantitative estimate of drug-likeness (QED) is 0.152. The lowest BCUT2D eigenvalue weighted by molar-refractivity contribution is 1.00. The van der Waals surface area contributed by atoms with Crippen LogP contribution in [0.1, 0.15) is 5.56 Å². The summed E-state index contributed by atoms with van der Waals surface area (Å²) in [5.41, 5.74) is 23.0. The molecule has 0 bridgehead atoms. The van der Waals surface area contributed by atoms with E-state index < -0.39 is 0 Å². The minimum Gasteiger partial charge on any atom is -0.307 e. The van der Waals surface area contributed by atoms with Gasteiger partial charge in [0.1, 0.15) is 0 Å². The second kappa shape index (κ2) is 18.2. The third-order valence-corrected chi connectivity index (χ3v) is 18.6. The van der Waals surface area contributed by atoms with E-state index in [9.17, 15) is 0 Å². The van der Waals surface area contributed by atoms with Crippen molar-refractivity contribution < 1.29 is 0 Å². The monoisotopic (exact) mass is 1110 g/mol. The minimum atomic E-state index is 1.03. The summed E-state index contributed by atoms with van der Waals surface area (Å²) in [6, 6.07) is 111. The van der Waals surface area contributed by atoms with E-state index in [4.69, 9.17) is 0 Å². The first kappa shape index (κ1) is 47.8. The fourth-order valence-corrected chi connectivity index (χ4v) is 15.2. The number of para-hydroxylation sites is 11. The predicted octanol–water partition coefficient (Wildman–Crippen LogP) is 21.1. The number of fused-ring (bicyclic) bond motifs is 17. The van der Waals surface area contributed by atoms with Crippen LogP contribution in [0.4, 0.5) is 0 Å². The Morgan fingerprint density at radius 2 is 0.448 bits per heavy atom. The first-order valence-corrected chi connectivity index (χ1v) is 30.0. The Balaban J connectivity index is 1.23. The van der Waals surface area contributed by atoms with Crippen molar-refractivity contribution >= 4 is 120 Å². The highest BCUT2D eigenvalue weighted by Crippen LogP contribution is 2.55. The van der Waals surface area contributed by atoms with Gasteiger partial charge in [-0.25, -0.2) is 0 Å². The largest absolute Gasteiger partial charge is 0.307 e. The summed E-state index contributed by atoms with van der Waals surface area (Å²) in [5, 5.41) is 11.7. The predicted molar refractivity (Wildman–Crippen MR) is 365 cm³/mol. The Kier molecular flexibility index (Phi) is 10.0. The molecule has 0 spiro atoms. The molecule has 6 heterocycles. The fraction of sp³-hybridized carbons (Fsp3) is 0.0123. The molecule has 0 radical (unpaired) electrons. The standard InChI is InChI=1S/C81H52N6/c1-51-26-25-27-52(50-51)74-77(83-64-40-15-5-30-54(64)55-31-6-16-41-65(55)83)79(85-68-44-19-9-34-58(68)59-35-10-20-45-69(59)85)81(87-73-49-24-14-39-63(73)75-76(87)62-38-13-23-48-72(62)82(75)53-28-3-2-4-29-53)80(86-70-46-21-11-36-60(70)61-37-12-22-47-71(61)86)78(74)84-66-42-17-7-32-56(66)57-33-8-18-43-67(57)84/h2-50H,1H3. The van der Waals surface area contributed by atoms with E-state index in [2.05, 4.69) is 332 Å². The lowest BCUT2D eigenvalue weighted by Crippen LogP contribution is -2.18. The van der Waals surface area contributed by atoms with Gasteiger partial charge in [-0.15, -0.1) is 0 Å². The smallest absolute Gasteiger partial charge is 0.0991 e. The minimum absolute atomic E-state index is 1.03. The maximum absolute atomic E-state index is 2.69. The van der Waals surface area contributed by atoms with Crippen molar-refractivity contribution in [2.24, 2.45) is 0 Å². The summed E-state index contributed by atoms with van der Waals surface area (Å²) >= 11 is 0. The summed E-state index contributed by atoms with van der Waals surface area (Å²) in [6.45, 7) is 2.24. The lowest BCUT2D eigenvalue weighted by atomic mass is 9.94. The van der Waals surface area contributed by atoms with Gasteiger partial charge in [0.25, 0.3) is 0 Å². The zero-order valence-corrected chi connectivity index (χ0v) is 47.5. The van der Waals surface area contributed by atoms with E-state index in [1.807, 2.05) is 0 Å². The maximum atomic E-state index is 2.69. The number of hydrogen-bond acceptors (Lipinski definition) is 0. The molecule has 0 aliphatic rings. The Labute approximate surface area is 499 Å². The summed E-state index contributed by atoms with van der Waals surface area (Å²) in [5.74, 6) is 0. The Hall–Kier alpha value is -11.6. The molecule has 19 rings (SSSR count). The highest BCUT2D eigenvalue weighted by Gasteiger charge is 2.37. The molecule has 0 fully saturated rings. The highest BCUT2D eigenvalue weighted by atomic mass is 15.2. The summed E-state index contributed by atoms with van der Waals surface area (Å²) in [6.07, 6.45) is 0. The van der Waals surface area contributed by atoms with Crippen molar-refractivity contribution in [2.45, 2.75) is 6.92 Å². The molecule has 0 saturated carbocycles. The molecule has 0 aliphatic heterocycles. The van der Waals surface area contributed by atoms with Crippen molar-refractivity contribution in [1.82, 2.24) is 27.4 Å². The van der Waals surface area contributed by atoms with Crippen LogP contribution in [0.15, 0.2) is 297 Å². The van der Waals surface area contributed by atoms with Crippen LogP contribution in [0.2, 0.25) is 0 Å². The molecule has 19 aromatic rings. The lowest BCUT2D eigenvalue weighted by Gasteiger charge is -2.32. The van der Waals surface area contributed by atoms with Gasteiger partial charge in [0.15, 0.2) is 0 Å². The Bertz CT molecular complexity index is 5620. The normalized spacial score (nSPS) is 12.2. The molecule has 6 nitrogen and oxygen atoms in total. The molecular weight excluding hydrogens is 1060 g/mol. The molecule has 0 aliphatic carbocycles. The van der Waals surface area contributed by atoms with E-state index >= 15 is 0 Å². The van der Waals surface area contributed by atoms with Crippen molar-refractivity contribution in [3.63, 3.8) is 0 Å². The zero-order chi connectivity index (χ0) is 57.0. The summed E-state index contributed by atoms with van der Waals surface area (Å²) < 4.78 is 15.7. The van der Waals surface area contributed by atoms with Gasteiger partial charge in [-0.1, -0.05) is 230 Å². The van der Waals surface area contributed by atoms with Crippen molar-refractivity contribution in [1.29, 1.82) is 0 Å². The molecule has 0 atom stereocenters. The van der Waals surface area contributed by atoms with Crippen LogP contribution < -0.4 is 0 Å². The second-order valence-electron chi connectivity index (χ2n) is 23.2. The number of hydrogen-bond donors (Lipinski definition) is 0. The van der Waals surface area contributed by atoms with Crippen LogP contribution >= 0.6 is 0 Å². The van der Waals surface area contributed by atoms with Gasteiger partial charge < -0.3 is 27.4 Å². The van der Waals surface area contributed by atoms with Gasteiger partial charge in [0.05, 0.1) is 94.6 Å². The van der Waals surface area contributed by atoms with Crippen molar-refractivity contribution in [3.8, 4) is 45.3 Å². The first-order chi connectivity index (χ1) is 43.2. The molecular formula is C81H52N6. The van der Waals surface area contributed by atoms with Gasteiger partial charge in [-0.3, -0.25) is 0 Å². The average Bonchev–Trinajstić information content (AvgIpc) is 1.59. The molecule has 13 aromatic carbocycles. The SMILES string of the molecule is Cc1cccc(-c2c(-n3c4ccccc4c4ccccc43)c(-n3c4ccccc4c4ccccc43)c(-n3c4ccccc4c4c3c3ccccc3n4-c3ccccc3)c(-n3c4ccccc4c4ccccc43)c2-n2c3ccccc3c3ccccc32)c1. The topological polar surface area (TPSA) is 29.6 Å². The van der Waals surface area contributed by atoms with Crippen molar-refractivity contribution in [3.05, 3.63) is 303 Å². The van der Waals surface area contributed by atoms with Crippen LogP contribution in [0.25, 0.3) is 165 Å². The number of rotatable bonds is 7. The van der Waals surface area contributed by atoms with E-state index in [0.717, 1.165) is 122 Å². The van der Waals surface area contributed by atoms with Crippen molar-refractivity contribution in [2.75, 3.05) is 0 Å². The first-order valence-electron chi connectivity index (χ1n) is 30.0. The van der Waals surface area contributed by atoms with Crippen LogP contribution in [0.3, 0.4) is 0 Å². The van der Waals surface area contributed by atoms with Crippen LogP contribution in [-0.2, 0) is 0 Å². The molecule has 0 N–H and O–H groups in total. The molecule has 0 unspecified atom stereocenters. The second-order valence-corrected chi connectivity index (χ2v) is 23.2. The van der Waals surface area contributed by atoms with Crippen LogP contribution in [0, 0.1) is 6.92 Å². The number of aromatic nitrogens is 6. The van der Waals surface area contributed by atoms with E-state index in [-0.39, 0.29) is 0 Å². The number of benzene rings is 13. The molecule has 406 valence electrons. The van der Waals surface area contributed by atoms with Gasteiger partial charge >= 0.3 is 0 Å². The fourth-order valence-electron chi connectivity index (χ4n) is 15.2. The van der Waals surface area contributed by atoms with Gasteiger partial charge in [0.2, 0.25) is 0 Å². The van der Waals surface area contributed by atoms with Crippen LogP contribution in [0.5, 0.6) is 0 Å². The summed E-state index contributed by atoms with van der Waals surface area (Å²) in [7, 11) is 0. The summed E-state index contributed by atoms with van der Waals surface area (Å²) in [4.78, 5) is 0. The van der Waals surface area contributed by atoms with E-state index in [0.29, 0.717) is 0 Å². The van der Waals surface area contributed by atoms with Gasteiger partial charge in [0, 0.05) is 65.1 Å². The van der Waals surface area contributed by atoms with Gasteiger partial charge in [-0.2, -0.15) is 0 Å². The maximum Gasteiger partial charge on any atom is 0.0991 e. The molecule has 87 heavy (non-hydrogen) atoms. The third kappa shape index (κ3) is 6.53. The molecule has 6 heteroatoms. The van der Waals surface area contributed by atoms with E-state index in [1.165, 1.54) is 48.7 Å². The van der Waals surface area contributed by atoms with Gasteiger partial charge in [-0.05, 0) is 85.3 Å².